The summed E-state index contributed by atoms with van der Waals surface area (Å²) in [5.41, 5.74) is 4.89. The summed E-state index contributed by atoms with van der Waals surface area (Å²) in [6, 6.07) is 14.1. The number of rotatable bonds is 7. The molecule has 0 aliphatic rings. The fraction of sp³-hybridized carbons (Fsp3) is 0.154. The number of hydrogen-bond donors (Lipinski definition) is 1. The van der Waals surface area contributed by atoms with Gasteiger partial charge in [0.2, 0.25) is 5.88 Å². The summed E-state index contributed by atoms with van der Waals surface area (Å²) >= 11 is 0. The molecule has 37 heavy (non-hydrogen) atoms. The first kappa shape index (κ1) is 23.9. The molecule has 5 aromatic rings. The zero-order chi connectivity index (χ0) is 26.1. The second-order valence-corrected chi connectivity index (χ2v) is 8.34. The number of benzene rings is 1. The number of aromatic nitrogens is 6. The number of anilines is 2. The number of fused-ring (bicyclic) bond motifs is 1. The van der Waals surface area contributed by atoms with E-state index in [1.54, 1.807) is 30.0 Å². The predicted molar refractivity (Wildman–Crippen MR) is 134 cm³/mol. The lowest BCUT2D eigenvalue weighted by atomic mass is 10.0. The van der Waals surface area contributed by atoms with E-state index in [1.165, 1.54) is 19.2 Å². The van der Waals surface area contributed by atoms with Crippen LogP contribution in [0.5, 0.6) is 5.88 Å². The van der Waals surface area contributed by atoms with E-state index in [2.05, 4.69) is 30.2 Å². The highest BCUT2D eigenvalue weighted by Crippen LogP contribution is 2.30. The van der Waals surface area contributed by atoms with Crippen molar-refractivity contribution in [3.63, 3.8) is 0 Å². The highest BCUT2D eigenvalue weighted by Gasteiger charge is 2.18. The number of aryl methyl sites for hydroxylation is 2. The number of alkyl halides is 2. The highest BCUT2D eigenvalue weighted by atomic mass is 19.3. The van der Waals surface area contributed by atoms with Gasteiger partial charge in [-0.15, -0.1) is 5.10 Å². The first-order valence-electron chi connectivity index (χ1n) is 11.3. The molecule has 186 valence electrons. The molecule has 0 aliphatic heterocycles. The maximum Gasteiger partial charge on any atom is 0.388 e. The van der Waals surface area contributed by atoms with Crippen LogP contribution in [0.1, 0.15) is 28.5 Å². The van der Waals surface area contributed by atoms with Crippen LogP contribution in [0.15, 0.2) is 61.1 Å². The van der Waals surface area contributed by atoms with Gasteiger partial charge in [0.1, 0.15) is 12.1 Å². The fourth-order valence-electron chi connectivity index (χ4n) is 3.87. The van der Waals surface area contributed by atoms with Crippen LogP contribution in [0.2, 0.25) is 0 Å². The molecule has 1 aromatic carbocycles. The van der Waals surface area contributed by atoms with Crippen molar-refractivity contribution in [2.24, 2.45) is 0 Å². The van der Waals surface area contributed by atoms with Crippen LogP contribution in [0.3, 0.4) is 0 Å². The smallest absolute Gasteiger partial charge is 0.388 e. The third-order valence-electron chi connectivity index (χ3n) is 5.67. The van der Waals surface area contributed by atoms with Crippen molar-refractivity contribution in [3.8, 4) is 23.0 Å². The largest absolute Gasteiger partial charge is 0.417 e. The third kappa shape index (κ3) is 4.96. The van der Waals surface area contributed by atoms with E-state index in [0.29, 0.717) is 39.5 Å². The Labute approximate surface area is 210 Å². The van der Waals surface area contributed by atoms with Crippen LogP contribution >= 0.6 is 0 Å². The molecule has 0 bridgehead atoms. The number of pyridine rings is 2. The normalized spacial score (nSPS) is 11.2. The van der Waals surface area contributed by atoms with Gasteiger partial charge in [-0.05, 0) is 68.8 Å². The van der Waals surface area contributed by atoms with E-state index in [0.717, 1.165) is 16.9 Å². The van der Waals surface area contributed by atoms with Gasteiger partial charge in [0.05, 0.1) is 22.4 Å². The van der Waals surface area contributed by atoms with E-state index in [-0.39, 0.29) is 11.7 Å². The average molecular weight is 501 g/mol. The molecule has 0 saturated heterocycles. The van der Waals surface area contributed by atoms with E-state index in [1.807, 2.05) is 37.3 Å². The molecule has 0 saturated carbocycles. The Bertz CT molecular complexity index is 1620. The summed E-state index contributed by atoms with van der Waals surface area (Å²) in [5, 5.41) is 11.4. The number of nitrogens with zero attached hydrogens (tertiary/aromatic N) is 6. The zero-order valence-electron chi connectivity index (χ0n) is 20.1. The van der Waals surface area contributed by atoms with Crippen LogP contribution < -0.4 is 10.1 Å². The standard InChI is InChI=1S/C26H21F2N7O2/c1-14-12-29-24(37-26(27)28)11-19(14)25-18(16(3)36)6-9-23(32-25)35-13-30-20-10-17(5-7-21(20)35)31-22-8-4-15(2)33-34-22/h4-13,26H,1-3H3,(H,31,34). The minimum absolute atomic E-state index is 0.216. The SMILES string of the molecule is CC(=O)c1ccc(-n2cnc3cc(Nc4ccc(C)nn4)ccc32)nc1-c1cc(OC(F)F)ncc1C. The second kappa shape index (κ2) is 9.69. The van der Waals surface area contributed by atoms with Crippen LogP contribution in [0.25, 0.3) is 28.1 Å². The first-order chi connectivity index (χ1) is 17.8. The van der Waals surface area contributed by atoms with E-state index < -0.39 is 6.61 Å². The number of Topliss-reactive ketones (excluding diaryl/α,β-unsaturated/α-hetero) is 1. The maximum atomic E-state index is 12.8. The van der Waals surface area contributed by atoms with Gasteiger partial charge in [0.25, 0.3) is 0 Å². The molecule has 0 radical (unpaired) electrons. The lowest BCUT2D eigenvalue weighted by Crippen LogP contribution is -2.07. The minimum Gasteiger partial charge on any atom is -0.417 e. The number of ketones is 1. The van der Waals surface area contributed by atoms with Gasteiger partial charge in [-0.25, -0.2) is 15.0 Å². The quantitative estimate of drug-likeness (QED) is 0.294. The molecule has 0 aliphatic carbocycles. The number of carbonyl (C=O) groups is 1. The summed E-state index contributed by atoms with van der Waals surface area (Å²) in [7, 11) is 0. The Morgan fingerprint density at radius 2 is 1.86 bits per heavy atom. The van der Waals surface area contributed by atoms with Crippen LogP contribution in [0.4, 0.5) is 20.3 Å². The van der Waals surface area contributed by atoms with Gasteiger partial charge in [-0.3, -0.25) is 9.36 Å². The Balaban J connectivity index is 1.55. The van der Waals surface area contributed by atoms with Gasteiger partial charge < -0.3 is 10.1 Å². The molecule has 9 nitrogen and oxygen atoms in total. The van der Waals surface area contributed by atoms with Crippen molar-refractivity contribution in [2.45, 2.75) is 27.4 Å². The highest BCUT2D eigenvalue weighted by molar-refractivity contribution is 6.00. The summed E-state index contributed by atoms with van der Waals surface area (Å²) in [4.78, 5) is 25.5. The van der Waals surface area contributed by atoms with Crippen molar-refractivity contribution < 1.29 is 18.3 Å². The summed E-state index contributed by atoms with van der Waals surface area (Å²) in [6.07, 6.45) is 3.04. The summed E-state index contributed by atoms with van der Waals surface area (Å²) in [5.74, 6) is 0.634. The van der Waals surface area contributed by atoms with E-state index in [4.69, 9.17) is 4.98 Å². The molecule has 11 heteroatoms. The van der Waals surface area contributed by atoms with Crippen molar-refractivity contribution in [3.05, 3.63) is 77.9 Å². The predicted octanol–water partition coefficient (Wildman–Crippen LogP) is 5.44. The van der Waals surface area contributed by atoms with Crippen LogP contribution in [-0.2, 0) is 0 Å². The van der Waals surface area contributed by atoms with Crippen molar-refractivity contribution >= 4 is 28.3 Å². The number of nitrogens with one attached hydrogen (secondary N) is 1. The molecule has 1 N–H and O–H groups in total. The topological polar surface area (TPSA) is 108 Å². The molecular formula is C26H21F2N7O2. The molecule has 0 unspecified atom stereocenters. The number of hydrogen-bond acceptors (Lipinski definition) is 8. The molecular weight excluding hydrogens is 480 g/mol. The van der Waals surface area contributed by atoms with Crippen molar-refractivity contribution in [2.75, 3.05) is 5.32 Å². The van der Waals surface area contributed by atoms with Gasteiger partial charge in [0.15, 0.2) is 11.6 Å². The number of carbonyl (C=O) groups excluding carboxylic acids is 1. The third-order valence-corrected chi connectivity index (χ3v) is 5.67. The second-order valence-electron chi connectivity index (χ2n) is 8.34. The Morgan fingerprint density at radius 3 is 2.59 bits per heavy atom. The van der Waals surface area contributed by atoms with Gasteiger partial charge in [0, 0.05) is 29.1 Å². The lowest BCUT2D eigenvalue weighted by Gasteiger charge is -2.13. The number of ether oxygens (including phenoxy) is 1. The molecule has 0 spiro atoms. The molecule has 4 aromatic heterocycles. The van der Waals surface area contributed by atoms with Gasteiger partial charge in [-0.1, -0.05) is 0 Å². The monoisotopic (exact) mass is 501 g/mol. The number of halogens is 2. The van der Waals surface area contributed by atoms with E-state index in [9.17, 15) is 13.6 Å². The van der Waals surface area contributed by atoms with Gasteiger partial charge >= 0.3 is 6.61 Å². The Morgan fingerprint density at radius 1 is 1.03 bits per heavy atom. The van der Waals surface area contributed by atoms with Crippen molar-refractivity contribution in [1.29, 1.82) is 0 Å². The summed E-state index contributed by atoms with van der Waals surface area (Å²) in [6.45, 7) is 2.02. The average Bonchev–Trinajstić information content (AvgIpc) is 3.29. The maximum absolute atomic E-state index is 12.8. The summed E-state index contributed by atoms with van der Waals surface area (Å²) < 4.78 is 31.8. The van der Waals surface area contributed by atoms with Gasteiger partial charge in [-0.2, -0.15) is 13.9 Å². The molecule has 0 amide bonds. The number of imidazole rings is 1. The van der Waals surface area contributed by atoms with Crippen LogP contribution in [0, 0.1) is 13.8 Å². The Kier molecular flexibility index (Phi) is 6.26. The molecule has 4 heterocycles. The molecule has 0 atom stereocenters. The zero-order valence-corrected chi connectivity index (χ0v) is 20.1. The lowest BCUT2D eigenvalue weighted by molar-refractivity contribution is -0.0528. The Hall–Kier alpha value is -4.80. The molecule has 0 fully saturated rings. The van der Waals surface area contributed by atoms with E-state index >= 15 is 0 Å². The molecule has 5 rings (SSSR count). The van der Waals surface area contributed by atoms with Crippen LogP contribution in [-0.4, -0.2) is 42.1 Å². The van der Waals surface area contributed by atoms with Crippen molar-refractivity contribution in [1.82, 2.24) is 29.7 Å². The first-order valence-corrected chi connectivity index (χ1v) is 11.3. The minimum atomic E-state index is -3.02. The fourth-order valence-corrected chi connectivity index (χ4v) is 3.87.